The number of nitrogens with one attached hydrogen (secondary N) is 1. The van der Waals surface area contributed by atoms with Gasteiger partial charge >= 0.3 is 0 Å². The second-order valence-electron chi connectivity index (χ2n) is 6.18. The van der Waals surface area contributed by atoms with Crippen molar-refractivity contribution in [2.75, 3.05) is 7.05 Å². The third-order valence-corrected chi connectivity index (χ3v) is 3.87. The molecule has 0 bridgehead atoms. The van der Waals surface area contributed by atoms with E-state index in [9.17, 15) is 9.59 Å². The summed E-state index contributed by atoms with van der Waals surface area (Å²) in [6.45, 7) is 5.07. The van der Waals surface area contributed by atoms with Gasteiger partial charge in [-0.2, -0.15) is 0 Å². The van der Waals surface area contributed by atoms with Crippen molar-refractivity contribution in [2.45, 2.75) is 45.7 Å². The van der Waals surface area contributed by atoms with Crippen LogP contribution in [-0.4, -0.2) is 29.8 Å². The zero-order valence-electron chi connectivity index (χ0n) is 13.1. The van der Waals surface area contributed by atoms with Crippen molar-refractivity contribution < 1.29 is 9.59 Å². The lowest BCUT2D eigenvalue weighted by molar-refractivity contribution is -0.148. The Balaban J connectivity index is 1.88. The predicted octanol–water partition coefficient (Wildman–Crippen LogP) is 2.12. The summed E-state index contributed by atoms with van der Waals surface area (Å²) in [6.07, 6.45) is 2.11. The lowest BCUT2D eigenvalue weighted by Crippen LogP contribution is -2.51. The molecule has 4 nitrogen and oxygen atoms in total. The van der Waals surface area contributed by atoms with E-state index in [0.717, 1.165) is 12.0 Å². The molecule has 4 heteroatoms. The number of rotatable bonds is 5. The van der Waals surface area contributed by atoms with E-state index >= 15 is 0 Å². The maximum absolute atomic E-state index is 12.0. The van der Waals surface area contributed by atoms with Crippen molar-refractivity contribution in [1.82, 2.24) is 10.2 Å². The van der Waals surface area contributed by atoms with Gasteiger partial charge in [0.25, 0.3) is 0 Å². The summed E-state index contributed by atoms with van der Waals surface area (Å²) in [6, 6.07) is 8.26. The molecule has 2 amide bonds. The minimum atomic E-state index is -0.247. The summed E-state index contributed by atoms with van der Waals surface area (Å²) in [5, 5.41) is 3.26. The number of piperidine rings is 1. The molecule has 21 heavy (non-hydrogen) atoms. The lowest BCUT2D eigenvalue weighted by atomic mass is 10.0. The maximum atomic E-state index is 12.0. The highest BCUT2D eigenvalue weighted by Crippen LogP contribution is 2.13. The highest BCUT2D eigenvalue weighted by Gasteiger charge is 2.31. The molecule has 1 unspecified atom stereocenters. The summed E-state index contributed by atoms with van der Waals surface area (Å²) in [5.74, 6) is 0.445. The second-order valence-corrected chi connectivity index (χ2v) is 6.18. The van der Waals surface area contributed by atoms with Gasteiger partial charge in [0.05, 0.1) is 6.04 Å². The van der Waals surface area contributed by atoms with Crippen LogP contribution in [0, 0.1) is 5.92 Å². The smallest absolute Gasteiger partial charge is 0.246 e. The predicted molar refractivity (Wildman–Crippen MR) is 82.6 cm³/mol. The molecule has 0 spiro atoms. The normalized spacial score (nSPS) is 19.4. The fourth-order valence-corrected chi connectivity index (χ4v) is 2.61. The molecule has 1 saturated heterocycles. The third-order valence-electron chi connectivity index (χ3n) is 3.87. The van der Waals surface area contributed by atoms with E-state index in [1.165, 1.54) is 10.5 Å². The molecule has 1 aliphatic heterocycles. The molecular weight excluding hydrogens is 264 g/mol. The molecule has 1 N–H and O–H groups in total. The van der Waals surface area contributed by atoms with Crippen LogP contribution in [0.5, 0.6) is 0 Å². The van der Waals surface area contributed by atoms with Gasteiger partial charge in [0.2, 0.25) is 11.8 Å². The van der Waals surface area contributed by atoms with Crippen LogP contribution in [0.25, 0.3) is 0 Å². The molecule has 114 valence electrons. The molecule has 1 atom stereocenters. The Bertz CT molecular complexity index is 508. The van der Waals surface area contributed by atoms with Crippen LogP contribution < -0.4 is 5.32 Å². The zero-order valence-corrected chi connectivity index (χ0v) is 13.1. The Kier molecular flexibility index (Phi) is 5.12. The first-order valence-corrected chi connectivity index (χ1v) is 7.59. The van der Waals surface area contributed by atoms with Crippen molar-refractivity contribution in [2.24, 2.45) is 5.92 Å². The van der Waals surface area contributed by atoms with Crippen molar-refractivity contribution >= 4 is 11.8 Å². The number of benzene rings is 1. The van der Waals surface area contributed by atoms with E-state index in [1.54, 1.807) is 7.05 Å². The largest absolute Gasteiger partial charge is 0.302 e. The number of carbonyl (C=O) groups is 2. The number of hydrogen-bond donors (Lipinski definition) is 1. The van der Waals surface area contributed by atoms with Gasteiger partial charge in [0.15, 0.2) is 0 Å². The lowest BCUT2D eigenvalue weighted by Gasteiger charge is -2.28. The Morgan fingerprint density at radius 2 is 1.81 bits per heavy atom. The van der Waals surface area contributed by atoms with Gasteiger partial charge in [-0.3, -0.25) is 14.5 Å². The van der Waals surface area contributed by atoms with E-state index in [1.807, 2.05) is 0 Å². The summed E-state index contributed by atoms with van der Waals surface area (Å²) in [4.78, 5) is 24.6. The molecule has 2 rings (SSSR count). The van der Waals surface area contributed by atoms with Gasteiger partial charge in [-0.25, -0.2) is 0 Å². The maximum Gasteiger partial charge on any atom is 0.246 e. The Morgan fingerprint density at radius 1 is 1.19 bits per heavy atom. The fraction of sp³-hybridized carbons (Fsp3) is 0.529. The van der Waals surface area contributed by atoms with E-state index in [2.05, 4.69) is 43.4 Å². The minimum absolute atomic E-state index is 0.0870. The number of carbonyl (C=O) groups excluding carboxylic acids is 2. The fourth-order valence-electron chi connectivity index (χ4n) is 2.61. The number of hydrogen-bond acceptors (Lipinski definition) is 3. The molecule has 1 aromatic carbocycles. The number of likely N-dealkylation sites (tertiary alicyclic amines) is 1. The van der Waals surface area contributed by atoms with Crippen LogP contribution >= 0.6 is 0 Å². The molecule has 0 saturated carbocycles. The van der Waals surface area contributed by atoms with Crippen LogP contribution in [0.15, 0.2) is 24.3 Å². The highest BCUT2D eigenvalue weighted by molar-refractivity contribution is 6.00. The van der Waals surface area contributed by atoms with Crippen LogP contribution in [0.2, 0.25) is 0 Å². The van der Waals surface area contributed by atoms with E-state index in [0.29, 0.717) is 25.3 Å². The number of nitrogens with zero attached hydrogens (tertiary/aromatic N) is 1. The monoisotopic (exact) mass is 288 g/mol. The number of imide groups is 1. The first-order chi connectivity index (χ1) is 9.97. The van der Waals surface area contributed by atoms with Crippen LogP contribution in [0.3, 0.4) is 0 Å². The minimum Gasteiger partial charge on any atom is -0.302 e. The molecule has 1 fully saturated rings. The SMILES string of the molecule is CC(C)Cc1ccc(CNC2CCC(=O)N(C)C2=O)cc1. The van der Waals surface area contributed by atoms with Gasteiger partial charge in [0.1, 0.15) is 0 Å². The quantitative estimate of drug-likeness (QED) is 0.844. The third kappa shape index (κ3) is 4.14. The zero-order chi connectivity index (χ0) is 15.4. The van der Waals surface area contributed by atoms with Gasteiger partial charge in [0, 0.05) is 20.0 Å². The summed E-state index contributed by atoms with van der Waals surface area (Å²) < 4.78 is 0. The summed E-state index contributed by atoms with van der Waals surface area (Å²) in [5.41, 5.74) is 2.50. The average molecular weight is 288 g/mol. The average Bonchev–Trinajstić information content (AvgIpc) is 2.45. The molecule has 1 aliphatic rings. The standard InChI is InChI=1S/C17H24N2O2/c1-12(2)10-13-4-6-14(7-5-13)11-18-15-8-9-16(20)19(3)17(15)21/h4-7,12,15,18H,8-11H2,1-3H3. The second kappa shape index (κ2) is 6.85. The summed E-state index contributed by atoms with van der Waals surface area (Å²) in [7, 11) is 1.55. The molecule has 1 aromatic rings. The topological polar surface area (TPSA) is 49.4 Å². The van der Waals surface area contributed by atoms with Crippen molar-refractivity contribution in [3.63, 3.8) is 0 Å². The van der Waals surface area contributed by atoms with E-state index in [-0.39, 0.29) is 17.9 Å². The Hall–Kier alpha value is -1.68. The summed E-state index contributed by atoms with van der Waals surface area (Å²) >= 11 is 0. The van der Waals surface area contributed by atoms with Gasteiger partial charge in [-0.15, -0.1) is 0 Å². The van der Waals surface area contributed by atoms with E-state index in [4.69, 9.17) is 0 Å². The first kappa shape index (κ1) is 15.7. The van der Waals surface area contributed by atoms with E-state index < -0.39 is 0 Å². The van der Waals surface area contributed by atoms with Crippen molar-refractivity contribution in [3.8, 4) is 0 Å². The van der Waals surface area contributed by atoms with Crippen LogP contribution in [-0.2, 0) is 22.6 Å². The van der Waals surface area contributed by atoms with Crippen molar-refractivity contribution in [1.29, 1.82) is 0 Å². The molecule has 0 aromatic heterocycles. The van der Waals surface area contributed by atoms with Crippen LogP contribution in [0.4, 0.5) is 0 Å². The molecule has 0 radical (unpaired) electrons. The Morgan fingerprint density at radius 3 is 2.43 bits per heavy atom. The molecule has 1 heterocycles. The van der Waals surface area contributed by atoms with Gasteiger partial charge in [-0.05, 0) is 29.9 Å². The Labute approximate surface area is 126 Å². The number of amides is 2. The van der Waals surface area contributed by atoms with Crippen molar-refractivity contribution in [3.05, 3.63) is 35.4 Å². The van der Waals surface area contributed by atoms with Gasteiger partial charge in [-0.1, -0.05) is 38.1 Å². The highest BCUT2D eigenvalue weighted by atomic mass is 16.2. The first-order valence-electron chi connectivity index (χ1n) is 7.59. The molecule has 0 aliphatic carbocycles. The number of likely N-dealkylation sites (N-methyl/N-ethyl adjacent to an activating group) is 1. The molecular formula is C17H24N2O2. The van der Waals surface area contributed by atoms with Gasteiger partial charge < -0.3 is 5.32 Å². The van der Waals surface area contributed by atoms with Crippen LogP contribution in [0.1, 0.15) is 37.8 Å².